The second-order valence-corrected chi connectivity index (χ2v) is 4.45. The summed E-state index contributed by atoms with van der Waals surface area (Å²) in [6.45, 7) is 2.53. The van der Waals surface area contributed by atoms with Crippen molar-refractivity contribution in [1.29, 1.82) is 0 Å². The Hall–Kier alpha value is -1.39. The molecular formula is C13H18N2O2. The first-order chi connectivity index (χ1) is 8.19. The van der Waals surface area contributed by atoms with E-state index in [2.05, 4.69) is 10.2 Å². The van der Waals surface area contributed by atoms with Crippen LogP contribution >= 0.6 is 0 Å². The highest BCUT2D eigenvalue weighted by molar-refractivity contribution is 5.93. The molecule has 1 fully saturated rings. The van der Waals surface area contributed by atoms with Crippen molar-refractivity contribution in [3.8, 4) is 0 Å². The highest BCUT2D eigenvalue weighted by atomic mass is 16.3. The average Bonchev–Trinajstić information content (AvgIpc) is 2.75. The van der Waals surface area contributed by atoms with Gasteiger partial charge in [0.25, 0.3) is 5.91 Å². The number of hydrogen-bond donors (Lipinski definition) is 2. The molecule has 0 aliphatic carbocycles. The number of benzene rings is 1. The third-order valence-electron chi connectivity index (χ3n) is 3.10. The van der Waals surface area contributed by atoms with E-state index in [1.807, 2.05) is 24.3 Å². The maximum atomic E-state index is 11.4. The average molecular weight is 234 g/mol. The number of rotatable bonds is 3. The van der Waals surface area contributed by atoms with Gasteiger partial charge < -0.3 is 10.4 Å². The summed E-state index contributed by atoms with van der Waals surface area (Å²) in [5, 5.41) is 12.0. The first kappa shape index (κ1) is 12.1. The maximum absolute atomic E-state index is 11.4. The van der Waals surface area contributed by atoms with Gasteiger partial charge in [-0.1, -0.05) is 12.1 Å². The van der Waals surface area contributed by atoms with Gasteiger partial charge in [0, 0.05) is 32.2 Å². The molecule has 4 heteroatoms. The largest absolute Gasteiger partial charge is 0.392 e. The third-order valence-corrected chi connectivity index (χ3v) is 3.10. The lowest BCUT2D eigenvalue weighted by Gasteiger charge is -2.14. The van der Waals surface area contributed by atoms with Gasteiger partial charge in [-0.25, -0.2) is 0 Å². The molecule has 1 aromatic carbocycles. The highest BCUT2D eigenvalue weighted by Gasteiger charge is 2.19. The van der Waals surface area contributed by atoms with Crippen molar-refractivity contribution in [3.05, 3.63) is 35.4 Å². The maximum Gasteiger partial charge on any atom is 0.251 e. The van der Waals surface area contributed by atoms with Crippen LogP contribution in [0.4, 0.5) is 0 Å². The molecule has 4 nitrogen and oxygen atoms in total. The fraction of sp³-hybridized carbons (Fsp3) is 0.462. The molecule has 1 aliphatic heterocycles. The van der Waals surface area contributed by atoms with Crippen molar-refractivity contribution in [2.24, 2.45) is 0 Å². The molecule has 0 spiro atoms. The zero-order valence-electron chi connectivity index (χ0n) is 10.0. The number of nitrogens with zero attached hydrogens (tertiary/aromatic N) is 1. The van der Waals surface area contributed by atoms with Crippen LogP contribution in [0.25, 0.3) is 0 Å². The zero-order valence-corrected chi connectivity index (χ0v) is 10.0. The molecule has 1 heterocycles. The van der Waals surface area contributed by atoms with Crippen LogP contribution in [0.5, 0.6) is 0 Å². The molecule has 2 rings (SSSR count). The number of aliphatic hydroxyl groups excluding tert-OH is 1. The van der Waals surface area contributed by atoms with Crippen molar-refractivity contribution in [3.63, 3.8) is 0 Å². The Kier molecular flexibility index (Phi) is 3.76. The zero-order chi connectivity index (χ0) is 12.3. The molecule has 1 saturated heterocycles. The van der Waals surface area contributed by atoms with Gasteiger partial charge in [0.1, 0.15) is 0 Å². The van der Waals surface area contributed by atoms with Crippen LogP contribution < -0.4 is 5.32 Å². The molecular weight excluding hydrogens is 216 g/mol. The van der Waals surface area contributed by atoms with E-state index in [1.165, 1.54) is 5.56 Å². The quantitative estimate of drug-likeness (QED) is 0.806. The fourth-order valence-corrected chi connectivity index (χ4v) is 2.12. The number of β-amino-alcohol motifs (C(OH)–C–C–N with tert-alkyl or cyclic N) is 1. The Morgan fingerprint density at radius 2 is 2.18 bits per heavy atom. The number of hydrogen-bond acceptors (Lipinski definition) is 3. The van der Waals surface area contributed by atoms with E-state index >= 15 is 0 Å². The summed E-state index contributed by atoms with van der Waals surface area (Å²) in [6.07, 6.45) is 0.677. The van der Waals surface area contributed by atoms with Crippen molar-refractivity contribution < 1.29 is 9.90 Å². The summed E-state index contributed by atoms with van der Waals surface area (Å²) in [4.78, 5) is 13.6. The molecule has 0 unspecified atom stereocenters. The van der Waals surface area contributed by atoms with Crippen molar-refractivity contribution in [2.45, 2.75) is 19.1 Å². The van der Waals surface area contributed by atoms with Crippen molar-refractivity contribution in [2.75, 3.05) is 20.1 Å². The molecule has 1 aliphatic rings. The minimum Gasteiger partial charge on any atom is -0.392 e. The van der Waals surface area contributed by atoms with Gasteiger partial charge >= 0.3 is 0 Å². The number of amides is 1. The Morgan fingerprint density at radius 1 is 1.47 bits per heavy atom. The lowest BCUT2D eigenvalue weighted by Crippen LogP contribution is -2.21. The van der Waals surface area contributed by atoms with Crippen LogP contribution in [0.2, 0.25) is 0 Å². The Bertz CT molecular complexity index is 389. The van der Waals surface area contributed by atoms with E-state index in [0.717, 1.165) is 26.1 Å². The number of carbonyl (C=O) groups excluding carboxylic acids is 1. The minimum atomic E-state index is -0.180. The molecule has 1 aromatic rings. The minimum absolute atomic E-state index is 0.0619. The van der Waals surface area contributed by atoms with Gasteiger partial charge in [-0.2, -0.15) is 0 Å². The lowest BCUT2D eigenvalue weighted by atomic mass is 10.1. The van der Waals surface area contributed by atoms with Gasteiger partial charge in [0.2, 0.25) is 0 Å². The summed E-state index contributed by atoms with van der Waals surface area (Å²) >= 11 is 0. The van der Waals surface area contributed by atoms with E-state index < -0.39 is 0 Å². The van der Waals surface area contributed by atoms with E-state index in [1.54, 1.807) is 7.05 Å². The molecule has 2 N–H and O–H groups in total. The molecule has 0 saturated carbocycles. The summed E-state index contributed by atoms with van der Waals surface area (Å²) in [7, 11) is 1.63. The first-order valence-electron chi connectivity index (χ1n) is 5.90. The molecule has 92 valence electrons. The van der Waals surface area contributed by atoms with Crippen LogP contribution in [0.3, 0.4) is 0 Å². The van der Waals surface area contributed by atoms with E-state index in [-0.39, 0.29) is 12.0 Å². The highest BCUT2D eigenvalue weighted by Crippen LogP contribution is 2.13. The second kappa shape index (κ2) is 5.29. The van der Waals surface area contributed by atoms with Gasteiger partial charge in [0.05, 0.1) is 6.10 Å². The summed E-state index contributed by atoms with van der Waals surface area (Å²) < 4.78 is 0. The Labute approximate surface area is 101 Å². The Morgan fingerprint density at radius 3 is 2.71 bits per heavy atom. The van der Waals surface area contributed by atoms with Crippen molar-refractivity contribution >= 4 is 5.91 Å². The third kappa shape index (κ3) is 3.05. The normalized spacial score (nSPS) is 20.5. The summed E-state index contributed by atoms with van der Waals surface area (Å²) in [6, 6.07) is 7.60. The van der Waals surface area contributed by atoms with Crippen LogP contribution in [-0.4, -0.2) is 42.2 Å². The first-order valence-corrected chi connectivity index (χ1v) is 5.90. The predicted molar refractivity (Wildman–Crippen MR) is 65.7 cm³/mol. The molecule has 0 bridgehead atoms. The smallest absolute Gasteiger partial charge is 0.251 e. The standard InChI is InChI=1S/C13H18N2O2/c1-14-13(17)11-4-2-10(3-5-11)8-15-7-6-12(16)9-15/h2-5,12,16H,6-9H2,1H3,(H,14,17)/t12-/m1/s1. The molecule has 1 atom stereocenters. The summed E-state index contributed by atoms with van der Waals surface area (Å²) in [5.41, 5.74) is 1.85. The lowest BCUT2D eigenvalue weighted by molar-refractivity contribution is 0.0963. The molecule has 1 amide bonds. The second-order valence-electron chi connectivity index (χ2n) is 4.45. The van der Waals surface area contributed by atoms with Gasteiger partial charge in [-0.05, 0) is 24.1 Å². The Balaban J connectivity index is 1.96. The van der Waals surface area contributed by atoms with E-state index in [9.17, 15) is 9.90 Å². The van der Waals surface area contributed by atoms with Crippen LogP contribution in [0.1, 0.15) is 22.3 Å². The van der Waals surface area contributed by atoms with Gasteiger partial charge in [0.15, 0.2) is 0 Å². The van der Waals surface area contributed by atoms with E-state index in [4.69, 9.17) is 0 Å². The van der Waals surface area contributed by atoms with Crippen LogP contribution in [0, 0.1) is 0 Å². The number of carbonyl (C=O) groups is 1. The van der Waals surface area contributed by atoms with Crippen LogP contribution in [0.15, 0.2) is 24.3 Å². The van der Waals surface area contributed by atoms with E-state index in [0.29, 0.717) is 5.56 Å². The number of aliphatic hydroxyl groups is 1. The summed E-state index contributed by atoms with van der Waals surface area (Å²) in [5.74, 6) is -0.0619. The molecule has 17 heavy (non-hydrogen) atoms. The van der Waals surface area contributed by atoms with Gasteiger partial charge in [-0.15, -0.1) is 0 Å². The number of nitrogens with one attached hydrogen (secondary N) is 1. The van der Waals surface area contributed by atoms with Gasteiger partial charge in [-0.3, -0.25) is 9.69 Å². The molecule has 0 aromatic heterocycles. The molecule has 0 radical (unpaired) electrons. The SMILES string of the molecule is CNC(=O)c1ccc(CN2CC[C@@H](O)C2)cc1. The predicted octanol–water partition coefficient (Wildman–Crippen LogP) is 0.613. The monoisotopic (exact) mass is 234 g/mol. The number of likely N-dealkylation sites (tertiary alicyclic amines) is 1. The topological polar surface area (TPSA) is 52.6 Å². The van der Waals surface area contributed by atoms with Crippen molar-refractivity contribution in [1.82, 2.24) is 10.2 Å². The fourth-order valence-electron chi connectivity index (χ4n) is 2.12. The van der Waals surface area contributed by atoms with Crippen LogP contribution in [-0.2, 0) is 6.54 Å².